The molecule has 20 atom stereocenters. The highest BCUT2D eigenvalue weighted by molar-refractivity contribution is 7.84. The van der Waals surface area contributed by atoms with E-state index in [0.717, 1.165) is 22.6 Å². The van der Waals surface area contributed by atoms with Gasteiger partial charge < -0.3 is 58.6 Å². The van der Waals surface area contributed by atoms with E-state index in [0.29, 0.717) is 25.9 Å². The fourth-order valence-corrected chi connectivity index (χ4v) is 12.1. The first kappa shape index (κ1) is 60.3. The number of esters is 1. The Hall–Kier alpha value is -2.53. The third kappa shape index (κ3) is 14.5. The van der Waals surface area contributed by atoms with E-state index in [2.05, 4.69) is 22.3 Å². The number of benzene rings is 1. The summed E-state index contributed by atoms with van der Waals surface area (Å²) in [6.07, 6.45) is -1.19. The molecular weight excluding hydrogens is 950 g/mol. The van der Waals surface area contributed by atoms with Gasteiger partial charge in [0.05, 0.1) is 66.0 Å². The van der Waals surface area contributed by atoms with Crippen LogP contribution in [0.2, 0.25) is 0 Å². The Balaban J connectivity index is 1.37. The largest absolute Gasteiger partial charge is 0.459 e. The molecule has 0 saturated carbocycles. The Morgan fingerprint density at radius 2 is 1.68 bits per heavy atom. The lowest BCUT2D eigenvalue weighted by Gasteiger charge is -2.47. The van der Waals surface area contributed by atoms with Gasteiger partial charge in [-0.1, -0.05) is 45.0 Å². The van der Waals surface area contributed by atoms with Crippen LogP contribution in [0.4, 0.5) is 4.39 Å². The molecule has 5 rings (SSSR count). The molecule has 2 unspecified atom stereocenters. The molecule has 4 heterocycles. The second-order valence-electron chi connectivity index (χ2n) is 22.4. The number of likely N-dealkylation sites (N-methyl/N-ethyl adjacent to an activating group) is 2. The van der Waals surface area contributed by atoms with Crippen molar-refractivity contribution in [1.29, 1.82) is 0 Å². The Morgan fingerprint density at radius 3 is 2.29 bits per heavy atom. The number of nitrogens with zero attached hydrogens (tertiary/aromatic N) is 5. The molecule has 17 nitrogen and oxygen atoms in total. The lowest BCUT2D eigenvalue weighted by Crippen LogP contribution is -2.59. The molecule has 0 radical (unpaired) electrons. The van der Waals surface area contributed by atoms with Crippen LogP contribution in [-0.2, 0) is 50.4 Å². The summed E-state index contributed by atoms with van der Waals surface area (Å²) in [5.41, 5.74) is -2.66. The summed E-state index contributed by atoms with van der Waals surface area (Å²) in [5, 5.41) is 56.1. The van der Waals surface area contributed by atoms with E-state index in [1.165, 1.54) is 14.0 Å². The number of aliphatic hydroxyl groups excluding tert-OH is 2. The van der Waals surface area contributed by atoms with Crippen LogP contribution in [-0.4, -0.2) is 193 Å². The molecule has 3 saturated heterocycles. The number of carbonyl (C=O) groups excluding carboxylic acids is 1. The maximum Gasteiger partial charge on any atom is 0.311 e. The molecule has 4 N–H and O–H groups in total. The van der Waals surface area contributed by atoms with Gasteiger partial charge in [0, 0.05) is 85.1 Å². The maximum atomic E-state index is 14.6. The summed E-state index contributed by atoms with van der Waals surface area (Å²) in [5.74, 6) is -2.66. The summed E-state index contributed by atoms with van der Waals surface area (Å²) in [6.45, 7) is 20.6. The fourth-order valence-electron chi connectivity index (χ4n) is 11.6. The SMILES string of the molecule is CC[C@H]1OC(=O)[C@H](C)[C@@H](O[C@H]2C[C@@](C)(OC)[C@@H](O)[C@H](C)O2)[C@H](C)[C@@H](OC[C@H]2CC(N(C)CCc3cn([C@H](CF)[C@H](C)c4ccc(S(C)=O)cc4)nn3)C[C@@H](C)O2)[C@](C)(O)C[C@@H](C)CN(C)[C@H](C)[C@@H](O)[C@]1(C)O. The van der Waals surface area contributed by atoms with Gasteiger partial charge >= 0.3 is 5.97 Å². The number of aliphatic hydroxyl groups is 4. The zero-order valence-electron chi connectivity index (χ0n) is 45.8. The zero-order valence-corrected chi connectivity index (χ0v) is 46.6. The van der Waals surface area contributed by atoms with E-state index in [1.807, 2.05) is 77.0 Å². The third-order valence-electron chi connectivity index (χ3n) is 16.4. The molecule has 3 aliphatic rings. The Bertz CT molecular complexity index is 2030. The number of cyclic esters (lactones) is 1. The predicted molar refractivity (Wildman–Crippen MR) is 273 cm³/mol. The van der Waals surface area contributed by atoms with Crippen molar-refractivity contribution in [3.05, 3.63) is 41.7 Å². The smallest absolute Gasteiger partial charge is 0.311 e. The minimum absolute atomic E-state index is 0.108. The van der Waals surface area contributed by atoms with E-state index in [9.17, 15) is 33.8 Å². The van der Waals surface area contributed by atoms with E-state index >= 15 is 0 Å². The monoisotopic (exact) mass is 1040 g/mol. The number of alkyl halides is 1. The molecule has 412 valence electrons. The molecule has 72 heavy (non-hydrogen) atoms. The first-order chi connectivity index (χ1) is 33.7. The Kier molecular flexibility index (Phi) is 21.4. The number of methoxy groups -OCH3 is 1. The molecular formula is C53H90FN5O12S. The van der Waals surface area contributed by atoms with Crippen LogP contribution in [0.25, 0.3) is 0 Å². The van der Waals surface area contributed by atoms with Crippen LogP contribution in [0.15, 0.2) is 35.4 Å². The molecule has 19 heteroatoms. The van der Waals surface area contributed by atoms with Gasteiger partial charge in [0.25, 0.3) is 0 Å². The van der Waals surface area contributed by atoms with Gasteiger partial charge in [-0.2, -0.15) is 0 Å². The predicted octanol–water partition coefficient (Wildman–Crippen LogP) is 5.23. The van der Waals surface area contributed by atoms with Crippen molar-refractivity contribution >= 4 is 16.8 Å². The van der Waals surface area contributed by atoms with Crippen molar-refractivity contribution in [2.75, 3.05) is 53.8 Å². The van der Waals surface area contributed by atoms with Crippen molar-refractivity contribution in [2.24, 2.45) is 17.8 Å². The second kappa shape index (κ2) is 25.5. The summed E-state index contributed by atoms with van der Waals surface area (Å²) in [4.78, 5) is 19.4. The van der Waals surface area contributed by atoms with Gasteiger partial charge in [-0.05, 0) is 112 Å². The highest BCUT2D eigenvalue weighted by Gasteiger charge is 2.51. The van der Waals surface area contributed by atoms with Crippen molar-refractivity contribution < 1.29 is 62.2 Å². The van der Waals surface area contributed by atoms with Crippen molar-refractivity contribution in [3.63, 3.8) is 0 Å². The lowest BCUT2D eigenvalue weighted by molar-refractivity contribution is -0.301. The number of hydrogen-bond acceptors (Lipinski definition) is 16. The third-order valence-corrected chi connectivity index (χ3v) is 17.3. The maximum absolute atomic E-state index is 14.6. The van der Waals surface area contributed by atoms with Crippen molar-refractivity contribution in [3.8, 4) is 0 Å². The number of halogens is 1. The number of rotatable bonds is 16. The number of aromatic nitrogens is 3. The topological polar surface area (TPSA) is 208 Å². The molecule has 3 fully saturated rings. The lowest BCUT2D eigenvalue weighted by atomic mass is 9.77. The second-order valence-corrected chi connectivity index (χ2v) is 23.8. The zero-order chi connectivity index (χ0) is 53.6. The van der Waals surface area contributed by atoms with Crippen LogP contribution in [0.1, 0.15) is 131 Å². The summed E-state index contributed by atoms with van der Waals surface area (Å²) >= 11 is 0. The quantitative estimate of drug-likeness (QED) is 0.159. The van der Waals surface area contributed by atoms with Gasteiger partial charge in [0.1, 0.15) is 30.6 Å². The van der Waals surface area contributed by atoms with Crippen molar-refractivity contribution in [2.45, 2.75) is 216 Å². The molecule has 1 aromatic heterocycles. The number of ether oxygens (including phenoxy) is 6. The molecule has 3 aliphatic heterocycles. The number of hydrogen-bond donors (Lipinski definition) is 4. The Morgan fingerprint density at radius 1 is 1.01 bits per heavy atom. The summed E-state index contributed by atoms with van der Waals surface area (Å²) < 4.78 is 66.6. The van der Waals surface area contributed by atoms with Gasteiger partial charge in [0.15, 0.2) is 6.29 Å². The average Bonchev–Trinajstić information content (AvgIpc) is 3.80. The van der Waals surface area contributed by atoms with Crippen molar-refractivity contribution in [1.82, 2.24) is 24.8 Å². The van der Waals surface area contributed by atoms with E-state index in [4.69, 9.17) is 28.4 Å². The minimum atomic E-state index is -1.81. The molecule has 0 amide bonds. The Labute approximate surface area is 431 Å². The van der Waals surface area contributed by atoms with Gasteiger partial charge in [0.2, 0.25) is 0 Å². The first-order valence-electron chi connectivity index (χ1n) is 26.1. The van der Waals surface area contributed by atoms with Crippen LogP contribution in [0, 0.1) is 17.8 Å². The van der Waals surface area contributed by atoms with Crippen LogP contribution >= 0.6 is 0 Å². The highest BCUT2D eigenvalue weighted by atomic mass is 32.2. The van der Waals surface area contributed by atoms with Gasteiger partial charge in [-0.15, -0.1) is 5.10 Å². The first-order valence-corrected chi connectivity index (χ1v) is 27.7. The van der Waals surface area contributed by atoms with E-state index in [1.54, 1.807) is 45.6 Å². The van der Waals surface area contributed by atoms with Gasteiger partial charge in [-0.25, -0.2) is 9.07 Å². The van der Waals surface area contributed by atoms with Crippen LogP contribution in [0.3, 0.4) is 0 Å². The molecule has 0 aliphatic carbocycles. The van der Waals surface area contributed by atoms with Crippen LogP contribution in [0.5, 0.6) is 0 Å². The van der Waals surface area contributed by atoms with Crippen LogP contribution < -0.4 is 0 Å². The van der Waals surface area contributed by atoms with E-state index in [-0.39, 0.29) is 56.0 Å². The van der Waals surface area contributed by atoms with Gasteiger partial charge in [-0.3, -0.25) is 9.00 Å². The average molecular weight is 1040 g/mol. The minimum Gasteiger partial charge on any atom is -0.459 e. The molecule has 0 bridgehead atoms. The molecule has 0 spiro atoms. The number of carbonyl (C=O) groups is 1. The van der Waals surface area contributed by atoms with E-state index < -0.39 is 107 Å². The normalized spacial score (nSPS) is 39.4. The highest BCUT2D eigenvalue weighted by Crippen LogP contribution is 2.40. The molecule has 1 aromatic carbocycles. The summed E-state index contributed by atoms with van der Waals surface area (Å²) in [6, 6.07) is 6.43. The summed E-state index contributed by atoms with van der Waals surface area (Å²) in [7, 11) is 4.35. The fraction of sp³-hybridized carbons (Fsp3) is 0.830. The standard InChI is InChI=1S/C53H90FN5O12S/c1-16-44-53(11,64)47(60)36(7)58(13)28-31(2)25-51(9,63)49(34(5)46(35(6)50(62)70-44)71-45-26-52(10,66-14)48(61)37(8)69-45)67-30-41-24-40(23-32(3)68-41)57(12)22-21-39-29-59(56-55-39)43(27-54)33(4)38-17-19-42(20-18-38)72(15)65/h17-20,29,31-37,40-41,43-49,60-61,63-64H,16,21-28,30H2,1-15H3/t31-,32-,33-,34+,35-,36-,37+,40?,41-,43-,44-,45+,46+,47-,48+,49-,51-,52-,53-,72?/m1/s1. The molecule has 2 aromatic rings.